The Balaban J connectivity index is 2.04. The van der Waals surface area contributed by atoms with Gasteiger partial charge in [0, 0.05) is 0 Å². The first-order chi connectivity index (χ1) is 8.81. The fourth-order valence-corrected chi connectivity index (χ4v) is 1.45. The number of nitrogens with two attached hydrogens (primary N) is 1. The molecule has 5 nitrogen and oxygen atoms in total. The zero-order chi connectivity index (χ0) is 12.8. The van der Waals surface area contributed by atoms with Crippen LogP contribution in [0.1, 0.15) is 11.3 Å². The van der Waals surface area contributed by atoms with Gasteiger partial charge in [0.05, 0.1) is 17.3 Å². The van der Waals surface area contributed by atoms with E-state index in [2.05, 4.69) is 16.5 Å². The summed E-state index contributed by atoms with van der Waals surface area (Å²) in [6.45, 7) is 0.324. The van der Waals surface area contributed by atoms with Gasteiger partial charge in [0.2, 0.25) is 0 Å². The molecule has 2 aromatic rings. The Kier molecular flexibility index (Phi) is 3.74. The number of benzene rings is 1. The molecule has 5 heteroatoms. The van der Waals surface area contributed by atoms with Crippen molar-refractivity contribution in [2.24, 2.45) is 5.84 Å². The molecule has 1 aromatic heterocycles. The number of aromatic nitrogens is 1. The summed E-state index contributed by atoms with van der Waals surface area (Å²) in [7, 11) is 0. The number of hydrogen-bond acceptors (Lipinski definition) is 5. The fraction of sp³-hybridized carbons (Fsp3) is 0.0769. The van der Waals surface area contributed by atoms with Crippen molar-refractivity contribution in [3.8, 4) is 11.8 Å². The molecule has 0 bridgehead atoms. The van der Waals surface area contributed by atoms with Crippen molar-refractivity contribution in [2.75, 3.05) is 5.43 Å². The molecule has 0 saturated carbocycles. The van der Waals surface area contributed by atoms with Crippen molar-refractivity contribution in [2.45, 2.75) is 6.61 Å². The van der Waals surface area contributed by atoms with Crippen LogP contribution in [0.2, 0.25) is 0 Å². The largest absolute Gasteiger partial charge is 0.487 e. The van der Waals surface area contributed by atoms with Gasteiger partial charge in [-0.3, -0.25) is 0 Å². The van der Waals surface area contributed by atoms with Crippen LogP contribution in [0.5, 0.6) is 5.75 Å². The highest BCUT2D eigenvalue weighted by Crippen LogP contribution is 2.14. The molecular weight excluding hydrogens is 228 g/mol. The number of ether oxygens (including phenoxy) is 1. The molecule has 90 valence electrons. The zero-order valence-electron chi connectivity index (χ0n) is 9.63. The van der Waals surface area contributed by atoms with Crippen molar-refractivity contribution in [3.05, 3.63) is 53.7 Å². The summed E-state index contributed by atoms with van der Waals surface area (Å²) in [5.41, 5.74) is 3.80. The van der Waals surface area contributed by atoms with Crippen LogP contribution >= 0.6 is 0 Å². The third-order valence-corrected chi connectivity index (χ3v) is 2.30. The number of pyridine rings is 1. The van der Waals surface area contributed by atoms with Gasteiger partial charge in [-0.15, -0.1) is 0 Å². The fourth-order valence-electron chi connectivity index (χ4n) is 1.45. The molecule has 0 aliphatic carbocycles. The van der Waals surface area contributed by atoms with Gasteiger partial charge in [0.25, 0.3) is 0 Å². The third-order valence-electron chi connectivity index (χ3n) is 2.30. The smallest absolute Gasteiger partial charge is 0.140 e. The maximum absolute atomic E-state index is 8.78. The highest BCUT2D eigenvalue weighted by atomic mass is 16.5. The average Bonchev–Trinajstić information content (AvgIpc) is 2.45. The highest BCUT2D eigenvalue weighted by molar-refractivity contribution is 5.36. The second-order valence-corrected chi connectivity index (χ2v) is 3.59. The molecule has 0 atom stereocenters. The Morgan fingerprint density at radius 3 is 2.89 bits per heavy atom. The molecule has 1 aromatic carbocycles. The number of anilines is 1. The number of nitrogen functional groups attached to an aromatic ring is 1. The Bertz CT molecular complexity index is 577. The Labute approximate surface area is 105 Å². The van der Waals surface area contributed by atoms with Crippen LogP contribution in [0.4, 0.5) is 5.82 Å². The minimum atomic E-state index is 0.324. The van der Waals surface area contributed by atoms with E-state index in [1.165, 1.54) is 0 Å². The van der Waals surface area contributed by atoms with E-state index in [1.54, 1.807) is 30.3 Å². The maximum Gasteiger partial charge on any atom is 0.140 e. The lowest BCUT2D eigenvalue weighted by molar-refractivity contribution is 0.301. The summed E-state index contributed by atoms with van der Waals surface area (Å²) in [4.78, 5) is 4.22. The van der Waals surface area contributed by atoms with Gasteiger partial charge >= 0.3 is 0 Å². The lowest BCUT2D eigenvalue weighted by Gasteiger charge is -2.07. The van der Waals surface area contributed by atoms with E-state index in [0.29, 0.717) is 23.7 Å². The van der Waals surface area contributed by atoms with Gasteiger partial charge in [0.1, 0.15) is 18.2 Å². The zero-order valence-corrected chi connectivity index (χ0v) is 9.63. The summed E-state index contributed by atoms with van der Waals surface area (Å²) in [5, 5.41) is 8.78. The van der Waals surface area contributed by atoms with Gasteiger partial charge in [-0.2, -0.15) is 5.26 Å². The van der Waals surface area contributed by atoms with Crippen molar-refractivity contribution >= 4 is 5.82 Å². The van der Waals surface area contributed by atoms with E-state index < -0.39 is 0 Å². The van der Waals surface area contributed by atoms with E-state index >= 15 is 0 Å². The first-order valence-corrected chi connectivity index (χ1v) is 5.37. The van der Waals surface area contributed by atoms with E-state index in [-0.39, 0.29) is 0 Å². The Morgan fingerprint density at radius 1 is 1.28 bits per heavy atom. The molecule has 18 heavy (non-hydrogen) atoms. The summed E-state index contributed by atoms with van der Waals surface area (Å²) < 4.78 is 5.55. The van der Waals surface area contributed by atoms with Crippen LogP contribution in [0.3, 0.4) is 0 Å². The second kappa shape index (κ2) is 5.66. The highest BCUT2D eigenvalue weighted by Gasteiger charge is 1.99. The van der Waals surface area contributed by atoms with Crippen LogP contribution < -0.4 is 16.0 Å². The van der Waals surface area contributed by atoms with Gasteiger partial charge in [-0.25, -0.2) is 10.8 Å². The van der Waals surface area contributed by atoms with Crippen LogP contribution in [0.25, 0.3) is 0 Å². The molecule has 0 radical (unpaired) electrons. The second-order valence-electron chi connectivity index (χ2n) is 3.59. The van der Waals surface area contributed by atoms with Gasteiger partial charge in [-0.05, 0) is 30.3 Å². The van der Waals surface area contributed by atoms with Crippen LogP contribution in [0.15, 0.2) is 42.5 Å². The quantitative estimate of drug-likeness (QED) is 0.629. The van der Waals surface area contributed by atoms with Crippen LogP contribution in [-0.2, 0) is 6.61 Å². The lowest BCUT2D eigenvalue weighted by atomic mass is 10.2. The molecule has 0 fully saturated rings. The first kappa shape index (κ1) is 11.9. The number of nitrogens with one attached hydrogen (secondary N) is 1. The molecule has 1 heterocycles. The van der Waals surface area contributed by atoms with Gasteiger partial charge < -0.3 is 10.2 Å². The standard InChI is InChI=1S/C13H12N4O/c14-8-10-3-1-5-12(7-10)18-9-11-4-2-6-13(16-11)17-15/h1-7H,9,15H2,(H,16,17). The molecule has 0 aliphatic heterocycles. The van der Waals surface area contributed by atoms with E-state index in [4.69, 9.17) is 15.8 Å². The third kappa shape index (κ3) is 2.97. The number of nitriles is 1. The molecule has 0 unspecified atom stereocenters. The maximum atomic E-state index is 8.78. The Morgan fingerprint density at radius 2 is 2.11 bits per heavy atom. The van der Waals surface area contributed by atoms with E-state index in [9.17, 15) is 0 Å². The van der Waals surface area contributed by atoms with Crippen LogP contribution in [0, 0.1) is 11.3 Å². The van der Waals surface area contributed by atoms with Crippen molar-refractivity contribution < 1.29 is 4.74 Å². The SMILES string of the molecule is N#Cc1cccc(OCc2cccc(NN)n2)c1. The summed E-state index contributed by atoms with van der Waals surface area (Å²) in [6, 6.07) is 14.5. The van der Waals surface area contributed by atoms with E-state index in [0.717, 1.165) is 5.69 Å². The Hall–Kier alpha value is -2.58. The number of hydrazine groups is 1. The predicted molar refractivity (Wildman–Crippen MR) is 67.5 cm³/mol. The average molecular weight is 240 g/mol. The molecular formula is C13H12N4O. The summed E-state index contributed by atoms with van der Waals surface area (Å²) >= 11 is 0. The molecule has 0 aliphatic rings. The van der Waals surface area contributed by atoms with E-state index in [1.807, 2.05) is 12.1 Å². The normalized spacial score (nSPS) is 9.56. The predicted octanol–water partition coefficient (Wildman–Crippen LogP) is 1.82. The molecule has 0 amide bonds. The minimum Gasteiger partial charge on any atom is -0.487 e. The monoisotopic (exact) mass is 240 g/mol. The number of rotatable bonds is 4. The number of hydrogen-bond donors (Lipinski definition) is 2. The van der Waals surface area contributed by atoms with Crippen LogP contribution in [-0.4, -0.2) is 4.98 Å². The van der Waals surface area contributed by atoms with Gasteiger partial charge in [0.15, 0.2) is 0 Å². The lowest BCUT2D eigenvalue weighted by Crippen LogP contribution is -2.09. The molecule has 3 N–H and O–H groups in total. The first-order valence-electron chi connectivity index (χ1n) is 5.37. The number of nitrogens with zero attached hydrogens (tertiary/aromatic N) is 2. The molecule has 0 spiro atoms. The molecule has 2 rings (SSSR count). The van der Waals surface area contributed by atoms with Crippen molar-refractivity contribution in [1.29, 1.82) is 5.26 Å². The topological polar surface area (TPSA) is 84.0 Å². The summed E-state index contributed by atoms with van der Waals surface area (Å²) in [6.07, 6.45) is 0. The van der Waals surface area contributed by atoms with Crippen molar-refractivity contribution in [3.63, 3.8) is 0 Å². The molecule has 0 saturated heterocycles. The van der Waals surface area contributed by atoms with Crippen molar-refractivity contribution in [1.82, 2.24) is 4.98 Å². The minimum absolute atomic E-state index is 0.324. The van der Waals surface area contributed by atoms with Gasteiger partial charge in [-0.1, -0.05) is 12.1 Å². The summed E-state index contributed by atoms with van der Waals surface area (Å²) in [5.74, 6) is 6.50.